The molecule has 0 saturated heterocycles. The quantitative estimate of drug-likeness (QED) is 0.405. The average Bonchev–Trinajstić information content (AvgIpc) is 3.17. The minimum atomic E-state index is -3.47. The van der Waals surface area contributed by atoms with Gasteiger partial charge in [-0.3, -0.25) is 9.10 Å². The number of anilines is 1. The van der Waals surface area contributed by atoms with Crippen molar-refractivity contribution in [2.24, 2.45) is 0 Å². The van der Waals surface area contributed by atoms with Crippen LogP contribution in [0.4, 0.5) is 5.69 Å². The number of carbonyl (C=O) groups excluding carboxylic acids is 1. The normalized spacial score (nSPS) is 11.4. The lowest BCUT2D eigenvalue weighted by molar-refractivity contribution is -0.130. The van der Waals surface area contributed by atoms with Gasteiger partial charge in [0.25, 0.3) is 0 Å². The van der Waals surface area contributed by atoms with Gasteiger partial charge in [-0.2, -0.15) is 4.98 Å². The Balaban J connectivity index is 1.58. The Bertz CT molecular complexity index is 1220. The molecule has 0 saturated carbocycles. The number of aromatic nitrogens is 2. The molecule has 0 atom stereocenters. The molecule has 10 heteroatoms. The van der Waals surface area contributed by atoms with Gasteiger partial charge in [0, 0.05) is 30.0 Å². The van der Waals surface area contributed by atoms with Gasteiger partial charge in [0.2, 0.25) is 27.6 Å². The minimum absolute atomic E-state index is 0.133. The highest BCUT2D eigenvalue weighted by Crippen LogP contribution is 2.23. The van der Waals surface area contributed by atoms with E-state index in [1.54, 1.807) is 7.05 Å². The van der Waals surface area contributed by atoms with E-state index in [0.29, 0.717) is 23.8 Å². The number of nitrogens with zero attached hydrogens (tertiary/aromatic N) is 4. The molecule has 1 aromatic heterocycles. The highest BCUT2D eigenvalue weighted by molar-refractivity contribution is 9.10. The maximum atomic E-state index is 12.6. The van der Waals surface area contributed by atoms with Crippen molar-refractivity contribution in [1.29, 1.82) is 0 Å². The van der Waals surface area contributed by atoms with Crippen molar-refractivity contribution in [1.82, 2.24) is 15.0 Å². The second kappa shape index (κ2) is 10.5. The predicted octanol–water partition coefficient (Wildman–Crippen LogP) is 4.32. The number of benzene rings is 2. The molecule has 3 rings (SSSR count). The molecule has 0 fully saturated rings. The van der Waals surface area contributed by atoms with Gasteiger partial charge < -0.3 is 9.42 Å². The van der Waals surface area contributed by atoms with Crippen LogP contribution in [0, 0.1) is 13.8 Å². The van der Waals surface area contributed by atoms with Crippen molar-refractivity contribution < 1.29 is 17.7 Å². The minimum Gasteiger partial charge on any atom is -0.337 e. The molecular weight excluding hydrogens is 508 g/mol. The van der Waals surface area contributed by atoms with Crippen molar-refractivity contribution in [3.05, 3.63) is 64.0 Å². The monoisotopic (exact) mass is 534 g/mol. The van der Waals surface area contributed by atoms with Gasteiger partial charge in [0.1, 0.15) is 0 Å². The number of rotatable bonds is 9. The second-order valence-electron chi connectivity index (χ2n) is 8.06. The zero-order valence-corrected chi connectivity index (χ0v) is 21.5. The average molecular weight is 535 g/mol. The van der Waals surface area contributed by atoms with Crippen LogP contribution >= 0.6 is 15.9 Å². The molecule has 1 heterocycles. The summed E-state index contributed by atoms with van der Waals surface area (Å²) in [4.78, 5) is 18.5. The molecular formula is C23H27BrN4O4S. The molecule has 1 amide bonds. The predicted molar refractivity (Wildman–Crippen MR) is 131 cm³/mol. The Kier molecular flexibility index (Phi) is 7.91. The molecule has 3 aromatic rings. The van der Waals surface area contributed by atoms with Crippen LogP contribution < -0.4 is 4.31 Å². The lowest BCUT2D eigenvalue weighted by Crippen LogP contribution is -2.32. The van der Waals surface area contributed by atoms with Crippen LogP contribution in [0.5, 0.6) is 0 Å². The lowest BCUT2D eigenvalue weighted by atomic mass is 10.1. The molecule has 0 spiro atoms. The first kappa shape index (κ1) is 24.9. The number of carbonyl (C=O) groups is 1. The smallest absolute Gasteiger partial charge is 0.246 e. The van der Waals surface area contributed by atoms with Gasteiger partial charge in [-0.05, 0) is 55.7 Å². The summed E-state index contributed by atoms with van der Waals surface area (Å²) < 4.78 is 32.2. The van der Waals surface area contributed by atoms with E-state index in [1.807, 2.05) is 56.3 Å². The van der Waals surface area contributed by atoms with Crippen molar-refractivity contribution in [2.45, 2.75) is 33.2 Å². The number of hydrogen-bond donors (Lipinski definition) is 0. The Morgan fingerprint density at radius 3 is 2.45 bits per heavy atom. The molecule has 0 radical (unpaired) electrons. The first-order valence-electron chi connectivity index (χ1n) is 10.4. The Labute approximate surface area is 202 Å². The summed E-state index contributed by atoms with van der Waals surface area (Å²) in [6.07, 6.45) is 1.76. The summed E-state index contributed by atoms with van der Waals surface area (Å²) in [6, 6.07) is 13.2. The zero-order chi connectivity index (χ0) is 24.2. The summed E-state index contributed by atoms with van der Waals surface area (Å²) in [7, 11) is -1.82. The molecule has 0 aliphatic carbocycles. The number of aryl methyl sites for hydroxylation is 2. The summed E-state index contributed by atoms with van der Waals surface area (Å²) in [5, 5.41) is 3.98. The van der Waals surface area contributed by atoms with Gasteiger partial charge in [0.15, 0.2) is 0 Å². The third-order valence-corrected chi connectivity index (χ3v) is 6.68. The molecule has 0 aliphatic rings. The lowest BCUT2D eigenvalue weighted by Gasteiger charge is -2.23. The van der Waals surface area contributed by atoms with E-state index in [1.165, 1.54) is 15.5 Å². The highest BCUT2D eigenvalue weighted by atomic mass is 79.9. The number of halogens is 1. The number of amides is 1. The fraction of sp³-hybridized carbons (Fsp3) is 0.348. The van der Waals surface area contributed by atoms with Crippen molar-refractivity contribution >= 4 is 37.5 Å². The Morgan fingerprint density at radius 1 is 1.12 bits per heavy atom. The standard InChI is InChI=1S/C23H27BrN4O4S/c1-16-11-17(2)13-20(12-16)28(33(4,30)31)10-6-9-22(29)27(3)15-21-25-23(26-32-21)18-7-5-8-19(24)14-18/h5,7-8,11-14H,6,9-10,15H2,1-4H3. The molecule has 0 bridgehead atoms. The maximum Gasteiger partial charge on any atom is 0.246 e. The largest absolute Gasteiger partial charge is 0.337 e. The number of sulfonamides is 1. The van der Waals surface area contributed by atoms with Gasteiger partial charge >= 0.3 is 0 Å². The van der Waals surface area contributed by atoms with E-state index in [-0.39, 0.29) is 25.4 Å². The summed E-state index contributed by atoms with van der Waals surface area (Å²) in [6.45, 7) is 4.24. The third kappa shape index (κ3) is 6.88. The van der Waals surface area contributed by atoms with E-state index < -0.39 is 10.0 Å². The van der Waals surface area contributed by atoms with Crippen LogP contribution in [0.2, 0.25) is 0 Å². The number of hydrogen-bond acceptors (Lipinski definition) is 6. The molecule has 0 unspecified atom stereocenters. The zero-order valence-electron chi connectivity index (χ0n) is 19.1. The van der Waals surface area contributed by atoms with Crippen LogP contribution in [0.3, 0.4) is 0 Å². The molecule has 0 N–H and O–H groups in total. The van der Waals surface area contributed by atoms with Crippen LogP contribution in [-0.2, 0) is 21.4 Å². The fourth-order valence-corrected chi connectivity index (χ4v) is 4.85. The molecule has 2 aromatic carbocycles. The second-order valence-corrected chi connectivity index (χ2v) is 10.9. The summed E-state index contributed by atoms with van der Waals surface area (Å²) in [5.41, 5.74) is 3.38. The van der Waals surface area contributed by atoms with Gasteiger partial charge in [0.05, 0.1) is 18.5 Å². The van der Waals surface area contributed by atoms with Gasteiger partial charge in [-0.15, -0.1) is 0 Å². The van der Waals surface area contributed by atoms with Gasteiger partial charge in [-0.1, -0.05) is 39.3 Å². The third-order valence-electron chi connectivity index (χ3n) is 5.00. The fourth-order valence-electron chi connectivity index (χ4n) is 3.50. The van der Waals surface area contributed by atoms with Crippen molar-refractivity contribution in [3.63, 3.8) is 0 Å². The summed E-state index contributed by atoms with van der Waals surface area (Å²) >= 11 is 3.41. The maximum absolute atomic E-state index is 12.6. The van der Waals surface area contributed by atoms with E-state index >= 15 is 0 Å². The Hall–Kier alpha value is -2.72. The first-order chi connectivity index (χ1) is 15.5. The SMILES string of the molecule is Cc1cc(C)cc(N(CCCC(=O)N(C)Cc2nc(-c3cccc(Br)c3)no2)S(C)(=O)=O)c1. The van der Waals surface area contributed by atoms with Crippen molar-refractivity contribution in [2.75, 3.05) is 24.2 Å². The topological polar surface area (TPSA) is 96.6 Å². The highest BCUT2D eigenvalue weighted by Gasteiger charge is 2.20. The van der Waals surface area contributed by atoms with E-state index in [9.17, 15) is 13.2 Å². The van der Waals surface area contributed by atoms with Crippen LogP contribution in [-0.4, -0.2) is 49.2 Å². The van der Waals surface area contributed by atoms with E-state index in [0.717, 1.165) is 21.2 Å². The first-order valence-corrected chi connectivity index (χ1v) is 13.1. The molecule has 176 valence electrons. The van der Waals surface area contributed by atoms with Crippen LogP contribution in [0.15, 0.2) is 51.5 Å². The van der Waals surface area contributed by atoms with Gasteiger partial charge in [-0.25, -0.2) is 8.42 Å². The van der Waals surface area contributed by atoms with E-state index in [4.69, 9.17) is 4.52 Å². The van der Waals surface area contributed by atoms with Crippen LogP contribution in [0.1, 0.15) is 29.9 Å². The molecule has 8 nitrogen and oxygen atoms in total. The summed E-state index contributed by atoms with van der Waals surface area (Å²) in [5.74, 6) is 0.643. The molecule has 33 heavy (non-hydrogen) atoms. The van der Waals surface area contributed by atoms with Crippen molar-refractivity contribution in [3.8, 4) is 11.4 Å². The van der Waals surface area contributed by atoms with Crippen LogP contribution in [0.25, 0.3) is 11.4 Å². The molecule has 0 aliphatic heterocycles. The Morgan fingerprint density at radius 2 is 1.82 bits per heavy atom. The van der Waals surface area contributed by atoms with E-state index in [2.05, 4.69) is 26.1 Å².